The highest BCUT2D eigenvalue weighted by molar-refractivity contribution is 5.16. The highest BCUT2D eigenvalue weighted by atomic mass is 16.1. The van der Waals surface area contributed by atoms with E-state index in [2.05, 4.69) is 9.97 Å². The molecular formula is C10H17N3O. The highest BCUT2D eigenvalue weighted by Crippen LogP contribution is 2.16. The van der Waals surface area contributed by atoms with Crippen molar-refractivity contribution in [2.75, 3.05) is 0 Å². The average molecular weight is 195 g/mol. The number of nitrogens with zero attached hydrogens (tertiary/aromatic N) is 1. The lowest BCUT2D eigenvalue weighted by Gasteiger charge is -2.21. The first-order valence-corrected chi connectivity index (χ1v) is 4.75. The molecule has 0 radical (unpaired) electrons. The maximum absolute atomic E-state index is 11.5. The summed E-state index contributed by atoms with van der Waals surface area (Å²) < 4.78 is 0. The second kappa shape index (κ2) is 3.53. The Morgan fingerprint density at radius 1 is 1.50 bits per heavy atom. The van der Waals surface area contributed by atoms with Gasteiger partial charge < -0.3 is 10.7 Å². The molecule has 0 saturated heterocycles. The van der Waals surface area contributed by atoms with Crippen LogP contribution in [0.2, 0.25) is 0 Å². The topological polar surface area (TPSA) is 71.8 Å². The van der Waals surface area contributed by atoms with Gasteiger partial charge in [-0.3, -0.25) is 4.79 Å². The van der Waals surface area contributed by atoms with Crippen LogP contribution < -0.4 is 11.3 Å². The number of rotatable bonds is 2. The van der Waals surface area contributed by atoms with Gasteiger partial charge in [0.2, 0.25) is 0 Å². The molecule has 0 aliphatic carbocycles. The molecule has 1 aromatic rings. The van der Waals surface area contributed by atoms with Gasteiger partial charge >= 0.3 is 0 Å². The van der Waals surface area contributed by atoms with Crippen LogP contribution in [0.4, 0.5) is 0 Å². The number of hydrogen-bond donors (Lipinski definition) is 2. The second-order valence-corrected chi connectivity index (χ2v) is 3.90. The average Bonchev–Trinajstić information content (AvgIpc) is 2.13. The summed E-state index contributed by atoms with van der Waals surface area (Å²) in [4.78, 5) is 18.5. The molecule has 0 amide bonds. The van der Waals surface area contributed by atoms with E-state index in [-0.39, 0.29) is 5.56 Å². The van der Waals surface area contributed by atoms with Crippen molar-refractivity contribution in [1.29, 1.82) is 0 Å². The predicted molar refractivity (Wildman–Crippen MR) is 56.2 cm³/mol. The van der Waals surface area contributed by atoms with Crippen LogP contribution in [0.5, 0.6) is 0 Å². The van der Waals surface area contributed by atoms with E-state index < -0.39 is 5.54 Å². The summed E-state index contributed by atoms with van der Waals surface area (Å²) in [5, 5.41) is 0. The Labute approximate surface area is 83.6 Å². The van der Waals surface area contributed by atoms with Crippen LogP contribution in [0.15, 0.2) is 4.79 Å². The molecule has 0 saturated carbocycles. The molecule has 1 rings (SSSR count). The summed E-state index contributed by atoms with van der Waals surface area (Å²) in [5.41, 5.74) is 6.73. The third kappa shape index (κ3) is 1.85. The minimum atomic E-state index is -0.558. The number of hydrogen-bond acceptors (Lipinski definition) is 3. The fourth-order valence-corrected chi connectivity index (χ4v) is 1.08. The molecule has 0 bridgehead atoms. The molecule has 14 heavy (non-hydrogen) atoms. The summed E-state index contributed by atoms with van der Waals surface area (Å²) in [6.07, 6.45) is 0.735. The maximum Gasteiger partial charge on any atom is 0.254 e. The van der Waals surface area contributed by atoms with Crippen molar-refractivity contribution in [3.05, 3.63) is 27.4 Å². The highest BCUT2D eigenvalue weighted by Gasteiger charge is 2.22. The number of H-pyrrole nitrogens is 1. The van der Waals surface area contributed by atoms with Gasteiger partial charge in [-0.05, 0) is 27.2 Å². The van der Waals surface area contributed by atoms with Crippen molar-refractivity contribution in [3.63, 3.8) is 0 Å². The molecule has 4 nitrogen and oxygen atoms in total. The summed E-state index contributed by atoms with van der Waals surface area (Å²) in [7, 11) is 0. The molecule has 0 aromatic carbocycles. The summed E-state index contributed by atoms with van der Waals surface area (Å²) in [6.45, 7) is 7.40. The Kier molecular flexibility index (Phi) is 2.76. The van der Waals surface area contributed by atoms with Crippen molar-refractivity contribution in [3.8, 4) is 0 Å². The lowest BCUT2D eigenvalue weighted by atomic mass is 9.99. The number of aromatic nitrogens is 2. The summed E-state index contributed by atoms with van der Waals surface area (Å²) in [5.74, 6) is 0.563. The largest absolute Gasteiger partial charge is 0.319 e. The van der Waals surface area contributed by atoms with Crippen LogP contribution in [0, 0.1) is 13.8 Å². The standard InChI is InChI=1S/C10H17N3O/c1-5-10(4,11)9-12-7(3)6(2)8(14)13-9/h5,11H2,1-4H3,(H,12,13,14). The zero-order valence-electron chi connectivity index (χ0n) is 9.14. The first-order valence-electron chi connectivity index (χ1n) is 4.75. The van der Waals surface area contributed by atoms with Crippen LogP contribution in [0.25, 0.3) is 0 Å². The van der Waals surface area contributed by atoms with Gasteiger partial charge in [0.15, 0.2) is 0 Å². The smallest absolute Gasteiger partial charge is 0.254 e. The number of aromatic amines is 1. The van der Waals surface area contributed by atoms with Crippen LogP contribution in [-0.4, -0.2) is 9.97 Å². The van der Waals surface area contributed by atoms with Crippen molar-refractivity contribution in [2.45, 2.75) is 39.7 Å². The van der Waals surface area contributed by atoms with Crippen LogP contribution in [-0.2, 0) is 5.54 Å². The Hall–Kier alpha value is -1.16. The molecule has 4 heteroatoms. The van der Waals surface area contributed by atoms with Gasteiger partial charge in [-0.25, -0.2) is 4.98 Å². The second-order valence-electron chi connectivity index (χ2n) is 3.90. The van der Waals surface area contributed by atoms with E-state index in [0.29, 0.717) is 11.4 Å². The molecule has 0 aliphatic rings. The first kappa shape index (κ1) is 10.9. The lowest BCUT2D eigenvalue weighted by molar-refractivity contribution is 0.442. The Morgan fingerprint density at radius 2 is 2.07 bits per heavy atom. The third-order valence-electron chi connectivity index (χ3n) is 2.67. The molecule has 0 aliphatic heterocycles. The van der Waals surface area contributed by atoms with Crippen molar-refractivity contribution in [2.24, 2.45) is 5.73 Å². The molecule has 1 unspecified atom stereocenters. The van der Waals surface area contributed by atoms with Gasteiger partial charge in [0.1, 0.15) is 5.82 Å². The zero-order valence-corrected chi connectivity index (χ0v) is 9.14. The molecule has 0 fully saturated rings. The lowest BCUT2D eigenvalue weighted by Crippen LogP contribution is -2.36. The van der Waals surface area contributed by atoms with Gasteiger partial charge in [0, 0.05) is 11.3 Å². The van der Waals surface area contributed by atoms with Crippen LogP contribution in [0.3, 0.4) is 0 Å². The van der Waals surface area contributed by atoms with Crippen LogP contribution in [0.1, 0.15) is 37.4 Å². The summed E-state index contributed by atoms with van der Waals surface area (Å²) in [6, 6.07) is 0. The minimum Gasteiger partial charge on any atom is -0.319 e. The van der Waals surface area contributed by atoms with Gasteiger partial charge in [0.05, 0.1) is 5.54 Å². The van der Waals surface area contributed by atoms with E-state index >= 15 is 0 Å². The van der Waals surface area contributed by atoms with Crippen molar-refractivity contribution >= 4 is 0 Å². The molecule has 1 atom stereocenters. The van der Waals surface area contributed by atoms with Gasteiger partial charge in [-0.15, -0.1) is 0 Å². The number of aryl methyl sites for hydroxylation is 1. The SMILES string of the molecule is CCC(C)(N)c1nc(C)c(C)c(=O)[nH]1. The van der Waals surface area contributed by atoms with E-state index in [0.717, 1.165) is 12.1 Å². The Bertz CT molecular complexity index is 393. The monoisotopic (exact) mass is 195 g/mol. The van der Waals surface area contributed by atoms with Gasteiger partial charge in [0.25, 0.3) is 5.56 Å². The van der Waals surface area contributed by atoms with E-state index in [1.165, 1.54) is 0 Å². The Morgan fingerprint density at radius 3 is 2.50 bits per heavy atom. The molecule has 1 aromatic heterocycles. The Balaban J connectivity index is 3.33. The van der Waals surface area contributed by atoms with Crippen molar-refractivity contribution < 1.29 is 0 Å². The number of nitrogens with two attached hydrogens (primary N) is 1. The van der Waals surface area contributed by atoms with Crippen LogP contribution >= 0.6 is 0 Å². The quantitative estimate of drug-likeness (QED) is 0.738. The predicted octanol–water partition coefficient (Wildman–Crippen LogP) is 0.971. The maximum atomic E-state index is 11.5. The van der Waals surface area contributed by atoms with Gasteiger partial charge in [-0.1, -0.05) is 6.92 Å². The number of nitrogens with one attached hydrogen (secondary N) is 1. The molecule has 0 spiro atoms. The van der Waals surface area contributed by atoms with E-state index in [1.807, 2.05) is 20.8 Å². The molecule has 78 valence electrons. The normalized spacial score (nSPS) is 15.2. The summed E-state index contributed by atoms with van der Waals surface area (Å²) >= 11 is 0. The van der Waals surface area contributed by atoms with E-state index in [1.54, 1.807) is 6.92 Å². The molecule has 3 N–H and O–H groups in total. The van der Waals surface area contributed by atoms with E-state index in [4.69, 9.17) is 5.73 Å². The molecule has 1 heterocycles. The minimum absolute atomic E-state index is 0.0994. The van der Waals surface area contributed by atoms with Crippen molar-refractivity contribution in [1.82, 2.24) is 9.97 Å². The van der Waals surface area contributed by atoms with Gasteiger partial charge in [-0.2, -0.15) is 0 Å². The fourth-order valence-electron chi connectivity index (χ4n) is 1.08. The first-order chi connectivity index (χ1) is 6.38. The fraction of sp³-hybridized carbons (Fsp3) is 0.600. The third-order valence-corrected chi connectivity index (χ3v) is 2.67. The zero-order chi connectivity index (χ0) is 10.9. The van der Waals surface area contributed by atoms with E-state index in [9.17, 15) is 4.79 Å². The molecular weight excluding hydrogens is 178 g/mol.